The first kappa shape index (κ1) is 17.5. The summed E-state index contributed by atoms with van der Waals surface area (Å²) in [6.07, 6.45) is 0.761. The predicted molar refractivity (Wildman–Crippen MR) is 92.4 cm³/mol. The highest BCUT2D eigenvalue weighted by molar-refractivity contribution is 5.92. The fraction of sp³-hybridized carbons (Fsp3) is 0.278. The number of benzene rings is 2. The van der Waals surface area contributed by atoms with Crippen molar-refractivity contribution in [2.75, 3.05) is 11.9 Å². The van der Waals surface area contributed by atoms with Gasteiger partial charge in [0, 0.05) is 18.2 Å². The molecule has 2 rings (SSSR count). The number of carbonyl (C=O) groups is 1. The van der Waals surface area contributed by atoms with Crippen LogP contribution in [0.4, 0.5) is 11.4 Å². The van der Waals surface area contributed by atoms with Crippen LogP contribution in [0.5, 0.6) is 5.75 Å². The molecule has 0 radical (unpaired) electrons. The predicted octanol–water partition coefficient (Wildman–Crippen LogP) is 4.01. The van der Waals surface area contributed by atoms with Crippen molar-refractivity contribution in [3.05, 3.63) is 63.7 Å². The second-order valence-electron chi connectivity index (χ2n) is 5.49. The summed E-state index contributed by atoms with van der Waals surface area (Å²) in [5.41, 5.74) is 2.79. The molecule has 6 nitrogen and oxygen atoms in total. The highest BCUT2D eigenvalue weighted by atomic mass is 16.6. The van der Waals surface area contributed by atoms with Crippen LogP contribution in [0.25, 0.3) is 0 Å². The number of para-hydroxylation sites is 3. The van der Waals surface area contributed by atoms with Crippen LogP contribution in [0.3, 0.4) is 0 Å². The number of hydrogen-bond donors (Lipinski definition) is 1. The number of nitro benzene ring substituents is 1. The summed E-state index contributed by atoms with van der Waals surface area (Å²) in [5, 5.41) is 13.8. The van der Waals surface area contributed by atoms with E-state index in [0.717, 1.165) is 16.8 Å². The fourth-order valence-electron chi connectivity index (χ4n) is 2.36. The van der Waals surface area contributed by atoms with Crippen LogP contribution in [0.1, 0.15) is 24.0 Å². The van der Waals surface area contributed by atoms with Gasteiger partial charge in [0.1, 0.15) is 0 Å². The van der Waals surface area contributed by atoms with E-state index in [-0.39, 0.29) is 30.4 Å². The number of aryl methyl sites for hydroxylation is 2. The third-order valence-electron chi connectivity index (χ3n) is 3.61. The average Bonchev–Trinajstić information content (AvgIpc) is 2.55. The smallest absolute Gasteiger partial charge is 0.310 e. The molecule has 6 heteroatoms. The van der Waals surface area contributed by atoms with Gasteiger partial charge in [0.15, 0.2) is 5.75 Å². The minimum atomic E-state index is -0.483. The molecular weight excluding hydrogens is 308 g/mol. The van der Waals surface area contributed by atoms with Crippen molar-refractivity contribution in [2.24, 2.45) is 0 Å². The van der Waals surface area contributed by atoms with Crippen molar-refractivity contribution in [1.29, 1.82) is 0 Å². The van der Waals surface area contributed by atoms with E-state index in [1.807, 2.05) is 32.0 Å². The summed E-state index contributed by atoms with van der Waals surface area (Å²) >= 11 is 0. The zero-order chi connectivity index (χ0) is 17.5. The molecule has 126 valence electrons. The molecule has 0 saturated carbocycles. The first-order chi connectivity index (χ1) is 11.5. The van der Waals surface area contributed by atoms with Crippen LogP contribution in [0.2, 0.25) is 0 Å². The van der Waals surface area contributed by atoms with E-state index in [2.05, 4.69) is 5.32 Å². The molecule has 0 aliphatic carbocycles. The first-order valence-electron chi connectivity index (χ1n) is 7.71. The monoisotopic (exact) mass is 328 g/mol. The van der Waals surface area contributed by atoms with Crippen LogP contribution in [-0.2, 0) is 4.79 Å². The van der Waals surface area contributed by atoms with E-state index in [1.165, 1.54) is 6.07 Å². The Bertz CT molecular complexity index is 723. The Labute approximate surface area is 140 Å². The van der Waals surface area contributed by atoms with Crippen LogP contribution in [0.15, 0.2) is 42.5 Å². The number of hydrogen-bond acceptors (Lipinski definition) is 4. The SMILES string of the molecule is Cc1cccc(C)c1NC(=O)CCCOc1ccccc1[N+](=O)[O-]. The topological polar surface area (TPSA) is 81.5 Å². The summed E-state index contributed by atoms with van der Waals surface area (Å²) in [4.78, 5) is 22.4. The van der Waals surface area contributed by atoms with Crippen molar-refractivity contribution >= 4 is 17.3 Å². The maximum atomic E-state index is 12.0. The molecule has 0 atom stereocenters. The second-order valence-corrected chi connectivity index (χ2v) is 5.49. The van der Waals surface area contributed by atoms with E-state index in [9.17, 15) is 14.9 Å². The largest absolute Gasteiger partial charge is 0.487 e. The maximum absolute atomic E-state index is 12.0. The van der Waals surface area contributed by atoms with Gasteiger partial charge >= 0.3 is 5.69 Å². The van der Waals surface area contributed by atoms with Crippen molar-refractivity contribution in [3.8, 4) is 5.75 Å². The molecule has 1 amide bonds. The quantitative estimate of drug-likeness (QED) is 0.473. The van der Waals surface area contributed by atoms with Gasteiger partial charge in [-0.1, -0.05) is 30.3 Å². The van der Waals surface area contributed by atoms with Crippen molar-refractivity contribution in [2.45, 2.75) is 26.7 Å². The molecule has 0 saturated heterocycles. The maximum Gasteiger partial charge on any atom is 0.310 e. The number of rotatable bonds is 7. The molecule has 0 bridgehead atoms. The van der Waals surface area contributed by atoms with E-state index < -0.39 is 4.92 Å². The average molecular weight is 328 g/mol. The Kier molecular flexibility index (Phi) is 5.89. The number of nitrogens with zero attached hydrogens (tertiary/aromatic N) is 1. The van der Waals surface area contributed by atoms with Gasteiger partial charge in [-0.2, -0.15) is 0 Å². The number of carbonyl (C=O) groups excluding carboxylic acids is 1. The molecule has 0 fully saturated rings. The first-order valence-corrected chi connectivity index (χ1v) is 7.71. The van der Waals surface area contributed by atoms with Crippen LogP contribution >= 0.6 is 0 Å². The molecule has 0 aliphatic rings. The van der Waals surface area contributed by atoms with Crippen LogP contribution in [0, 0.1) is 24.0 Å². The molecule has 0 unspecified atom stereocenters. The Morgan fingerprint density at radius 3 is 2.46 bits per heavy atom. The molecule has 0 aromatic heterocycles. The summed E-state index contributed by atoms with van der Waals surface area (Å²) in [7, 11) is 0. The van der Waals surface area contributed by atoms with Crippen LogP contribution in [-0.4, -0.2) is 17.4 Å². The Morgan fingerprint density at radius 1 is 1.12 bits per heavy atom. The third-order valence-corrected chi connectivity index (χ3v) is 3.61. The highest BCUT2D eigenvalue weighted by Gasteiger charge is 2.13. The van der Waals surface area contributed by atoms with Gasteiger partial charge in [0.25, 0.3) is 0 Å². The Hall–Kier alpha value is -2.89. The van der Waals surface area contributed by atoms with Gasteiger partial charge in [0.2, 0.25) is 5.91 Å². The minimum Gasteiger partial charge on any atom is -0.487 e. The van der Waals surface area contributed by atoms with Gasteiger partial charge in [-0.3, -0.25) is 14.9 Å². The number of nitrogens with one attached hydrogen (secondary N) is 1. The van der Waals surface area contributed by atoms with E-state index >= 15 is 0 Å². The number of amides is 1. The number of ether oxygens (including phenoxy) is 1. The Morgan fingerprint density at radius 2 is 1.79 bits per heavy atom. The van der Waals surface area contributed by atoms with Crippen molar-refractivity contribution < 1.29 is 14.5 Å². The molecule has 0 heterocycles. The van der Waals surface area contributed by atoms with Gasteiger partial charge in [-0.05, 0) is 37.5 Å². The lowest BCUT2D eigenvalue weighted by Crippen LogP contribution is -2.14. The van der Waals surface area contributed by atoms with Gasteiger partial charge in [0.05, 0.1) is 11.5 Å². The Balaban J connectivity index is 1.83. The van der Waals surface area contributed by atoms with E-state index in [0.29, 0.717) is 6.42 Å². The third kappa shape index (κ3) is 4.55. The molecule has 2 aromatic carbocycles. The standard InChI is InChI=1S/C18H20N2O4/c1-13-7-5-8-14(2)18(13)19-17(21)11-6-12-24-16-10-4-3-9-15(16)20(22)23/h3-5,7-10H,6,11-12H2,1-2H3,(H,19,21). The van der Waals surface area contributed by atoms with Crippen molar-refractivity contribution in [1.82, 2.24) is 0 Å². The van der Waals surface area contributed by atoms with E-state index in [4.69, 9.17) is 4.74 Å². The number of nitro groups is 1. The zero-order valence-corrected chi connectivity index (χ0v) is 13.7. The fourth-order valence-corrected chi connectivity index (χ4v) is 2.36. The molecule has 24 heavy (non-hydrogen) atoms. The molecule has 0 aliphatic heterocycles. The lowest BCUT2D eigenvalue weighted by molar-refractivity contribution is -0.385. The lowest BCUT2D eigenvalue weighted by atomic mass is 10.1. The van der Waals surface area contributed by atoms with E-state index in [1.54, 1.807) is 18.2 Å². The normalized spacial score (nSPS) is 10.2. The molecule has 2 aromatic rings. The van der Waals surface area contributed by atoms with Crippen LogP contribution < -0.4 is 10.1 Å². The van der Waals surface area contributed by atoms with Gasteiger partial charge < -0.3 is 10.1 Å². The molecule has 0 spiro atoms. The summed E-state index contributed by atoms with van der Waals surface area (Å²) in [5.74, 6) is 0.121. The van der Waals surface area contributed by atoms with Gasteiger partial charge in [-0.25, -0.2) is 0 Å². The lowest BCUT2D eigenvalue weighted by Gasteiger charge is -2.11. The second kappa shape index (κ2) is 8.10. The summed E-state index contributed by atoms with van der Waals surface area (Å²) < 4.78 is 5.42. The number of anilines is 1. The summed E-state index contributed by atoms with van der Waals surface area (Å²) in [6.45, 7) is 4.13. The highest BCUT2D eigenvalue weighted by Crippen LogP contribution is 2.26. The molecular formula is C18H20N2O4. The molecule has 1 N–H and O–H groups in total. The van der Waals surface area contributed by atoms with Crippen molar-refractivity contribution in [3.63, 3.8) is 0 Å². The van der Waals surface area contributed by atoms with Gasteiger partial charge in [-0.15, -0.1) is 0 Å². The minimum absolute atomic E-state index is 0.0718. The zero-order valence-electron chi connectivity index (χ0n) is 13.7. The summed E-state index contributed by atoms with van der Waals surface area (Å²) in [6, 6.07) is 12.0.